The van der Waals surface area contributed by atoms with Crippen molar-refractivity contribution in [1.29, 1.82) is 0 Å². The van der Waals surface area contributed by atoms with Gasteiger partial charge in [-0.3, -0.25) is 4.90 Å². The molecule has 2 aromatic rings. The van der Waals surface area contributed by atoms with E-state index in [0.717, 1.165) is 25.1 Å². The molecule has 23 heavy (non-hydrogen) atoms. The predicted octanol–water partition coefficient (Wildman–Crippen LogP) is 2.83. The lowest BCUT2D eigenvalue weighted by Crippen LogP contribution is -2.31. The number of nitrogens with zero attached hydrogens (tertiary/aromatic N) is 1. The Morgan fingerprint density at radius 3 is 2.43 bits per heavy atom. The molecule has 126 valence electrons. The Bertz CT molecular complexity index is 578. The highest BCUT2D eigenvalue weighted by Crippen LogP contribution is 2.30. The van der Waals surface area contributed by atoms with E-state index in [2.05, 4.69) is 29.2 Å². The van der Waals surface area contributed by atoms with E-state index in [9.17, 15) is 5.11 Å². The van der Waals surface area contributed by atoms with E-state index in [-0.39, 0.29) is 18.2 Å². The molecule has 5 heteroatoms. The van der Waals surface area contributed by atoms with Crippen molar-refractivity contribution in [2.45, 2.75) is 13.0 Å². The van der Waals surface area contributed by atoms with Crippen LogP contribution in [0.2, 0.25) is 0 Å². The van der Waals surface area contributed by atoms with E-state index >= 15 is 0 Å². The predicted molar refractivity (Wildman–Crippen MR) is 96.4 cm³/mol. The molecule has 4 nitrogen and oxygen atoms in total. The van der Waals surface area contributed by atoms with Crippen LogP contribution in [0.5, 0.6) is 11.5 Å². The van der Waals surface area contributed by atoms with Crippen LogP contribution in [0.15, 0.2) is 48.5 Å². The third-order valence-corrected chi connectivity index (χ3v) is 3.68. The number of aromatic hydroxyl groups is 1. The first-order valence-electron chi connectivity index (χ1n) is 7.55. The van der Waals surface area contributed by atoms with Crippen LogP contribution in [0.4, 0.5) is 0 Å². The minimum Gasteiger partial charge on any atom is -0.504 e. The van der Waals surface area contributed by atoms with Crippen LogP contribution in [0, 0.1) is 0 Å². The first kappa shape index (κ1) is 19.3. The van der Waals surface area contributed by atoms with Crippen molar-refractivity contribution in [2.24, 2.45) is 5.73 Å². The summed E-state index contributed by atoms with van der Waals surface area (Å²) in [6.45, 7) is 3.04. The SMILES string of the molecule is COc1c(O)cccc1CN(CCN)CCc1ccccc1.Cl. The van der Waals surface area contributed by atoms with Gasteiger partial charge in [0.1, 0.15) is 0 Å². The van der Waals surface area contributed by atoms with Gasteiger partial charge in [-0.2, -0.15) is 0 Å². The molecule has 3 N–H and O–H groups in total. The monoisotopic (exact) mass is 336 g/mol. The highest BCUT2D eigenvalue weighted by Gasteiger charge is 2.12. The molecular weight excluding hydrogens is 312 g/mol. The minimum atomic E-state index is 0. The van der Waals surface area contributed by atoms with E-state index in [1.807, 2.05) is 18.2 Å². The molecule has 0 saturated heterocycles. The van der Waals surface area contributed by atoms with Crippen LogP contribution in [-0.2, 0) is 13.0 Å². The summed E-state index contributed by atoms with van der Waals surface area (Å²) in [6.07, 6.45) is 0.974. The molecule has 0 aliphatic rings. The van der Waals surface area contributed by atoms with Crippen LogP contribution >= 0.6 is 12.4 Å². The standard InChI is InChI=1S/C18H24N2O2.ClH/c1-22-18-16(8-5-9-17(18)21)14-20(13-11-19)12-10-15-6-3-2-4-7-15;/h2-9,21H,10-14,19H2,1H3;1H. The number of ether oxygens (including phenoxy) is 1. The lowest BCUT2D eigenvalue weighted by molar-refractivity contribution is 0.269. The molecule has 0 spiro atoms. The van der Waals surface area contributed by atoms with E-state index in [1.165, 1.54) is 5.56 Å². The Morgan fingerprint density at radius 1 is 1.04 bits per heavy atom. The normalized spacial score (nSPS) is 10.4. The second-order valence-electron chi connectivity index (χ2n) is 5.27. The molecule has 0 aliphatic heterocycles. The van der Waals surface area contributed by atoms with Crippen molar-refractivity contribution in [3.63, 3.8) is 0 Å². The van der Waals surface area contributed by atoms with Gasteiger partial charge in [0.15, 0.2) is 11.5 Å². The van der Waals surface area contributed by atoms with Crippen molar-refractivity contribution < 1.29 is 9.84 Å². The van der Waals surface area contributed by atoms with Crippen molar-refractivity contribution in [2.75, 3.05) is 26.7 Å². The van der Waals surface area contributed by atoms with E-state index < -0.39 is 0 Å². The van der Waals surface area contributed by atoms with Gasteiger partial charge in [0, 0.05) is 31.7 Å². The van der Waals surface area contributed by atoms with Crippen LogP contribution in [0.1, 0.15) is 11.1 Å². The van der Waals surface area contributed by atoms with Crippen LogP contribution in [0.25, 0.3) is 0 Å². The Labute approximate surface area is 144 Å². The third kappa shape index (κ3) is 5.75. The van der Waals surface area contributed by atoms with Gasteiger partial charge >= 0.3 is 0 Å². The lowest BCUT2D eigenvalue weighted by Gasteiger charge is -2.23. The number of methoxy groups -OCH3 is 1. The number of phenolic OH excluding ortho intramolecular Hbond substituents is 1. The number of rotatable bonds is 8. The first-order chi connectivity index (χ1) is 10.7. The minimum absolute atomic E-state index is 0. The Morgan fingerprint density at radius 2 is 1.78 bits per heavy atom. The molecule has 0 saturated carbocycles. The molecule has 0 radical (unpaired) electrons. The van der Waals surface area contributed by atoms with E-state index in [1.54, 1.807) is 13.2 Å². The highest BCUT2D eigenvalue weighted by atomic mass is 35.5. The van der Waals surface area contributed by atoms with Crippen molar-refractivity contribution in [1.82, 2.24) is 4.90 Å². The van der Waals surface area contributed by atoms with Gasteiger partial charge < -0.3 is 15.6 Å². The summed E-state index contributed by atoms with van der Waals surface area (Å²) in [6, 6.07) is 15.9. The maximum Gasteiger partial charge on any atom is 0.164 e. The number of hydrogen-bond acceptors (Lipinski definition) is 4. The topological polar surface area (TPSA) is 58.7 Å². The zero-order valence-electron chi connectivity index (χ0n) is 13.4. The fraction of sp³-hybridized carbons (Fsp3) is 0.333. The summed E-state index contributed by atoms with van der Waals surface area (Å²) in [5, 5.41) is 9.87. The summed E-state index contributed by atoms with van der Waals surface area (Å²) in [5.41, 5.74) is 8.02. The molecule has 0 bridgehead atoms. The lowest BCUT2D eigenvalue weighted by atomic mass is 10.1. The number of benzene rings is 2. The fourth-order valence-corrected chi connectivity index (χ4v) is 2.56. The average molecular weight is 337 g/mol. The van der Waals surface area contributed by atoms with Gasteiger partial charge in [-0.25, -0.2) is 0 Å². The second-order valence-corrected chi connectivity index (χ2v) is 5.27. The van der Waals surface area contributed by atoms with Gasteiger partial charge in [-0.1, -0.05) is 42.5 Å². The van der Waals surface area contributed by atoms with Gasteiger partial charge in [-0.15, -0.1) is 12.4 Å². The van der Waals surface area contributed by atoms with E-state index in [0.29, 0.717) is 18.8 Å². The summed E-state index contributed by atoms with van der Waals surface area (Å²) in [5.74, 6) is 0.722. The van der Waals surface area contributed by atoms with Gasteiger partial charge in [0.05, 0.1) is 7.11 Å². The zero-order valence-corrected chi connectivity index (χ0v) is 14.3. The summed E-state index contributed by atoms with van der Waals surface area (Å²) in [4.78, 5) is 2.28. The molecule has 0 amide bonds. The summed E-state index contributed by atoms with van der Waals surface area (Å²) < 4.78 is 5.31. The molecule has 0 aliphatic carbocycles. The number of hydrogen-bond donors (Lipinski definition) is 2. The van der Waals surface area contributed by atoms with Gasteiger partial charge in [0.25, 0.3) is 0 Å². The van der Waals surface area contributed by atoms with Gasteiger partial charge in [-0.05, 0) is 18.1 Å². The molecule has 2 rings (SSSR count). The highest BCUT2D eigenvalue weighted by molar-refractivity contribution is 5.85. The molecule has 0 atom stereocenters. The van der Waals surface area contributed by atoms with Crippen LogP contribution in [-0.4, -0.2) is 36.8 Å². The van der Waals surface area contributed by atoms with Gasteiger partial charge in [0.2, 0.25) is 0 Å². The maximum absolute atomic E-state index is 9.87. The molecule has 2 aromatic carbocycles. The smallest absolute Gasteiger partial charge is 0.164 e. The number of halogens is 1. The Balaban J connectivity index is 0.00000264. The van der Waals surface area contributed by atoms with Crippen molar-refractivity contribution >= 4 is 12.4 Å². The number of nitrogens with two attached hydrogens (primary N) is 1. The summed E-state index contributed by atoms with van der Waals surface area (Å²) in [7, 11) is 1.58. The first-order valence-corrected chi connectivity index (χ1v) is 7.55. The molecule has 0 fully saturated rings. The second kappa shape index (κ2) is 10.1. The maximum atomic E-state index is 9.87. The molecule has 0 aromatic heterocycles. The third-order valence-electron chi connectivity index (χ3n) is 3.68. The number of phenols is 1. The number of para-hydroxylation sites is 1. The molecule has 0 heterocycles. The zero-order chi connectivity index (χ0) is 15.8. The summed E-state index contributed by atoms with van der Waals surface area (Å²) >= 11 is 0. The molecular formula is C18H25ClN2O2. The van der Waals surface area contributed by atoms with Crippen LogP contribution in [0.3, 0.4) is 0 Å². The quantitative estimate of drug-likeness (QED) is 0.778. The van der Waals surface area contributed by atoms with Crippen LogP contribution < -0.4 is 10.5 Å². The Kier molecular flexibility index (Phi) is 8.48. The Hall–Kier alpha value is -1.75. The van der Waals surface area contributed by atoms with Crippen molar-refractivity contribution in [3.8, 4) is 11.5 Å². The molecule has 0 unspecified atom stereocenters. The average Bonchev–Trinajstić information content (AvgIpc) is 2.54. The van der Waals surface area contributed by atoms with Crippen molar-refractivity contribution in [3.05, 3.63) is 59.7 Å². The largest absolute Gasteiger partial charge is 0.504 e. The van der Waals surface area contributed by atoms with E-state index in [4.69, 9.17) is 10.5 Å². The fourth-order valence-electron chi connectivity index (χ4n) is 2.56.